The second-order valence-electron chi connectivity index (χ2n) is 6.54. The monoisotopic (exact) mass is 364 g/mol. The second kappa shape index (κ2) is 7.55. The Balaban J connectivity index is 1.41. The van der Waals surface area contributed by atoms with Crippen molar-refractivity contribution in [3.05, 3.63) is 71.6 Å². The van der Waals surface area contributed by atoms with Crippen LogP contribution in [-0.4, -0.2) is 42.0 Å². The Morgan fingerprint density at radius 2 is 1.96 bits per heavy atom. The zero-order valence-electron chi connectivity index (χ0n) is 14.7. The van der Waals surface area contributed by atoms with Crippen molar-refractivity contribution >= 4 is 11.9 Å². The smallest absolute Gasteiger partial charge is 0.321 e. The molecule has 2 aromatic heterocycles. The number of nitrogens with zero attached hydrogens (tertiary/aromatic N) is 4. The van der Waals surface area contributed by atoms with Crippen molar-refractivity contribution < 1.29 is 9.90 Å². The molecule has 0 amide bonds. The molecule has 0 saturated carbocycles. The van der Waals surface area contributed by atoms with Gasteiger partial charge < -0.3 is 15.4 Å². The van der Waals surface area contributed by atoms with Crippen LogP contribution in [0, 0.1) is 0 Å². The van der Waals surface area contributed by atoms with E-state index in [0.29, 0.717) is 32.0 Å². The van der Waals surface area contributed by atoms with Gasteiger partial charge in [0, 0.05) is 44.0 Å². The molecular weight excluding hydrogens is 344 g/mol. The molecule has 4 rings (SSSR count). The average molecular weight is 364 g/mol. The van der Waals surface area contributed by atoms with Crippen molar-refractivity contribution in [2.75, 3.05) is 5.32 Å². The zero-order chi connectivity index (χ0) is 18.6. The molecule has 1 aliphatic heterocycles. The van der Waals surface area contributed by atoms with Crippen molar-refractivity contribution in [1.29, 1.82) is 0 Å². The van der Waals surface area contributed by atoms with Gasteiger partial charge in [-0.3, -0.25) is 9.69 Å². The number of anilines is 1. The first kappa shape index (κ1) is 17.2. The Morgan fingerprint density at radius 3 is 2.70 bits per heavy atom. The number of nitrogens with one attached hydrogen (secondary N) is 2. The standard InChI is InChI=1S/C19H20N6O2/c26-18(27)17-6-15-16(24-12-23-15)11-25(17)10-14-8-21-19(22-9-14)20-7-13-4-2-1-3-5-13/h1-5,8-9,12,17H,6-7,10-11H2,(H,23,24)(H,26,27)(H,20,21,22)/t17-/m1/s1. The number of carboxylic acids is 1. The third-order valence-electron chi connectivity index (χ3n) is 4.67. The first-order valence-corrected chi connectivity index (χ1v) is 8.76. The summed E-state index contributed by atoms with van der Waals surface area (Å²) >= 11 is 0. The second-order valence-corrected chi connectivity index (χ2v) is 6.54. The fourth-order valence-electron chi connectivity index (χ4n) is 3.24. The van der Waals surface area contributed by atoms with E-state index in [9.17, 15) is 9.90 Å². The van der Waals surface area contributed by atoms with Gasteiger partial charge in [-0.15, -0.1) is 0 Å². The topological polar surface area (TPSA) is 107 Å². The minimum atomic E-state index is -0.842. The molecule has 8 nitrogen and oxygen atoms in total. The summed E-state index contributed by atoms with van der Waals surface area (Å²) in [4.78, 5) is 29.5. The minimum Gasteiger partial charge on any atom is -0.480 e. The molecule has 8 heteroatoms. The molecule has 3 N–H and O–H groups in total. The van der Waals surface area contributed by atoms with E-state index in [0.717, 1.165) is 22.5 Å². The van der Waals surface area contributed by atoms with Crippen LogP contribution in [0.5, 0.6) is 0 Å². The highest BCUT2D eigenvalue weighted by molar-refractivity contribution is 5.74. The fraction of sp³-hybridized carbons (Fsp3) is 0.263. The molecular formula is C19H20N6O2. The van der Waals surface area contributed by atoms with Crippen molar-refractivity contribution in [2.24, 2.45) is 0 Å². The largest absolute Gasteiger partial charge is 0.480 e. The molecule has 3 aromatic rings. The van der Waals surface area contributed by atoms with Gasteiger partial charge in [0.1, 0.15) is 6.04 Å². The van der Waals surface area contributed by atoms with E-state index >= 15 is 0 Å². The van der Waals surface area contributed by atoms with E-state index in [1.807, 2.05) is 35.2 Å². The molecule has 1 atom stereocenters. The van der Waals surface area contributed by atoms with Crippen molar-refractivity contribution in [1.82, 2.24) is 24.8 Å². The molecule has 0 unspecified atom stereocenters. The van der Waals surface area contributed by atoms with Crippen LogP contribution in [0.4, 0.5) is 5.95 Å². The number of aromatic nitrogens is 4. The lowest BCUT2D eigenvalue weighted by Gasteiger charge is -2.32. The molecule has 0 aliphatic carbocycles. The molecule has 0 radical (unpaired) electrons. The molecule has 0 bridgehead atoms. The maximum absolute atomic E-state index is 11.6. The zero-order valence-corrected chi connectivity index (χ0v) is 14.7. The van der Waals surface area contributed by atoms with Crippen LogP contribution in [0.1, 0.15) is 22.5 Å². The van der Waals surface area contributed by atoms with Gasteiger partial charge in [0.25, 0.3) is 0 Å². The molecule has 1 aromatic carbocycles. The highest BCUT2D eigenvalue weighted by Crippen LogP contribution is 2.22. The Labute approximate surface area is 156 Å². The van der Waals surface area contributed by atoms with E-state index in [4.69, 9.17) is 0 Å². The van der Waals surface area contributed by atoms with Crippen LogP contribution < -0.4 is 5.32 Å². The lowest BCUT2D eigenvalue weighted by molar-refractivity contribution is -0.144. The third kappa shape index (κ3) is 3.95. The Hall–Kier alpha value is -3.26. The number of rotatable bonds is 6. The van der Waals surface area contributed by atoms with Crippen LogP contribution in [-0.2, 0) is 30.8 Å². The Bertz CT molecular complexity index is 909. The molecule has 3 heterocycles. The number of hydrogen-bond donors (Lipinski definition) is 3. The highest BCUT2D eigenvalue weighted by Gasteiger charge is 2.32. The maximum Gasteiger partial charge on any atom is 0.321 e. The molecule has 1 aliphatic rings. The molecule has 0 spiro atoms. The number of benzene rings is 1. The van der Waals surface area contributed by atoms with E-state index in [1.54, 1.807) is 18.7 Å². The van der Waals surface area contributed by atoms with E-state index in [2.05, 4.69) is 25.3 Å². The number of carbonyl (C=O) groups is 1. The summed E-state index contributed by atoms with van der Waals surface area (Å²) in [6.45, 7) is 1.63. The van der Waals surface area contributed by atoms with Crippen LogP contribution in [0.25, 0.3) is 0 Å². The molecule has 138 valence electrons. The van der Waals surface area contributed by atoms with Gasteiger partial charge >= 0.3 is 5.97 Å². The number of imidazole rings is 1. The highest BCUT2D eigenvalue weighted by atomic mass is 16.4. The van der Waals surface area contributed by atoms with Gasteiger partial charge in [0.15, 0.2) is 0 Å². The summed E-state index contributed by atoms with van der Waals surface area (Å²) < 4.78 is 0. The van der Waals surface area contributed by atoms with Crippen LogP contribution in [0.3, 0.4) is 0 Å². The number of H-pyrrole nitrogens is 1. The number of aromatic amines is 1. The SMILES string of the molecule is O=C(O)[C@H]1Cc2nc[nH]c2CN1Cc1cnc(NCc2ccccc2)nc1. The van der Waals surface area contributed by atoms with Crippen LogP contribution >= 0.6 is 0 Å². The van der Waals surface area contributed by atoms with E-state index in [-0.39, 0.29) is 0 Å². The predicted octanol–water partition coefficient (Wildman–Crippen LogP) is 1.82. The first-order chi connectivity index (χ1) is 13.2. The maximum atomic E-state index is 11.6. The minimum absolute atomic E-state index is 0.395. The van der Waals surface area contributed by atoms with Gasteiger partial charge in [0.2, 0.25) is 5.95 Å². The quantitative estimate of drug-likeness (QED) is 0.612. The van der Waals surface area contributed by atoms with Gasteiger partial charge in [0.05, 0.1) is 17.7 Å². The van der Waals surface area contributed by atoms with Gasteiger partial charge in [-0.25, -0.2) is 15.0 Å². The number of hydrogen-bond acceptors (Lipinski definition) is 6. The first-order valence-electron chi connectivity index (χ1n) is 8.76. The van der Waals surface area contributed by atoms with Crippen molar-refractivity contribution in [2.45, 2.75) is 32.1 Å². The van der Waals surface area contributed by atoms with Gasteiger partial charge in [-0.05, 0) is 5.56 Å². The number of fused-ring (bicyclic) bond motifs is 1. The van der Waals surface area contributed by atoms with E-state index < -0.39 is 12.0 Å². The molecule has 27 heavy (non-hydrogen) atoms. The summed E-state index contributed by atoms with van der Waals surface area (Å²) in [6.07, 6.45) is 5.48. The lowest BCUT2D eigenvalue weighted by Crippen LogP contribution is -2.45. The van der Waals surface area contributed by atoms with Gasteiger partial charge in [-0.1, -0.05) is 30.3 Å². The summed E-state index contributed by atoms with van der Waals surface area (Å²) in [7, 11) is 0. The van der Waals surface area contributed by atoms with Crippen LogP contribution in [0.15, 0.2) is 49.1 Å². The van der Waals surface area contributed by atoms with Crippen LogP contribution in [0.2, 0.25) is 0 Å². The summed E-state index contributed by atoms with van der Waals surface area (Å²) in [6, 6.07) is 9.43. The summed E-state index contributed by atoms with van der Waals surface area (Å²) in [5, 5.41) is 12.7. The lowest BCUT2D eigenvalue weighted by atomic mass is 10.0. The predicted molar refractivity (Wildman–Crippen MR) is 98.8 cm³/mol. The van der Waals surface area contributed by atoms with Crippen molar-refractivity contribution in [3.63, 3.8) is 0 Å². The molecule has 0 fully saturated rings. The summed E-state index contributed by atoms with van der Waals surface area (Å²) in [5.41, 5.74) is 3.82. The van der Waals surface area contributed by atoms with E-state index in [1.165, 1.54) is 0 Å². The molecule has 0 saturated heterocycles. The summed E-state index contributed by atoms with van der Waals surface area (Å²) in [5.74, 6) is -0.294. The normalized spacial score (nSPS) is 16.7. The van der Waals surface area contributed by atoms with Crippen molar-refractivity contribution in [3.8, 4) is 0 Å². The Morgan fingerprint density at radius 1 is 1.19 bits per heavy atom. The fourth-order valence-corrected chi connectivity index (χ4v) is 3.24. The Kier molecular flexibility index (Phi) is 4.80. The average Bonchev–Trinajstić information content (AvgIpc) is 3.15. The third-order valence-corrected chi connectivity index (χ3v) is 4.67. The van der Waals surface area contributed by atoms with Gasteiger partial charge in [-0.2, -0.15) is 0 Å². The number of aliphatic carboxylic acids is 1. The number of carboxylic acid groups (broad SMARTS) is 1.